The zero-order valence-corrected chi connectivity index (χ0v) is 11.3. The van der Waals surface area contributed by atoms with Crippen molar-refractivity contribution in [1.82, 2.24) is 0 Å². The third-order valence-electron chi connectivity index (χ3n) is 2.75. The highest BCUT2D eigenvalue weighted by Crippen LogP contribution is 2.23. The van der Waals surface area contributed by atoms with Crippen molar-refractivity contribution in [3.05, 3.63) is 58.1 Å². The van der Waals surface area contributed by atoms with Crippen LogP contribution in [0, 0.1) is 13.8 Å². The molecule has 0 aromatic heterocycles. The van der Waals surface area contributed by atoms with Gasteiger partial charge in [0.15, 0.2) is 0 Å². The number of phenols is 1. The molecule has 0 aliphatic rings. The molecule has 0 saturated heterocycles. The van der Waals surface area contributed by atoms with E-state index < -0.39 is 0 Å². The van der Waals surface area contributed by atoms with Gasteiger partial charge in [-0.3, -0.25) is 0 Å². The minimum atomic E-state index is 0.260. The summed E-state index contributed by atoms with van der Waals surface area (Å²) in [7, 11) is 0. The third kappa shape index (κ3) is 3.17. The van der Waals surface area contributed by atoms with Crippen molar-refractivity contribution in [1.29, 1.82) is 0 Å². The van der Waals surface area contributed by atoms with E-state index in [-0.39, 0.29) is 5.75 Å². The lowest BCUT2D eigenvalue weighted by molar-refractivity contribution is 0.469. The standard InChI is InChI=1S/C15H16ClNO/c1-10-5-11(2)7-14(6-10)17-9-12-8-13(16)3-4-15(12)18/h3-8,17-18H,9H2,1-2H3. The minimum Gasteiger partial charge on any atom is -0.508 e. The largest absolute Gasteiger partial charge is 0.508 e. The molecular formula is C15H16ClNO. The lowest BCUT2D eigenvalue weighted by Gasteiger charge is -2.10. The first kappa shape index (κ1) is 12.8. The number of rotatable bonds is 3. The van der Waals surface area contributed by atoms with Crippen molar-refractivity contribution in [2.75, 3.05) is 5.32 Å². The van der Waals surface area contributed by atoms with Crippen LogP contribution in [0.4, 0.5) is 5.69 Å². The maximum atomic E-state index is 9.72. The Morgan fingerprint density at radius 2 is 1.72 bits per heavy atom. The first-order chi connectivity index (χ1) is 8.54. The first-order valence-electron chi connectivity index (χ1n) is 5.84. The molecule has 0 spiro atoms. The number of benzene rings is 2. The molecule has 18 heavy (non-hydrogen) atoms. The topological polar surface area (TPSA) is 32.3 Å². The molecule has 0 aliphatic heterocycles. The van der Waals surface area contributed by atoms with Crippen molar-refractivity contribution >= 4 is 17.3 Å². The number of phenolic OH excluding ortho intramolecular Hbond substituents is 1. The van der Waals surface area contributed by atoms with Crippen LogP contribution in [0.2, 0.25) is 5.02 Å². The highest BCUT2D eigenvalue weighted by atomic mass is 35.5. The Hall–Kier alpha value is -1.67. The molecule has 0 amide bonds. The molecule has 0 aliphatic carbocycles. The van der Waals surface area contributed by atoms with Crippen LogP contribution in [0.15, 0.2) is 36.4 Å². The number of nitrogens with one attached hydrogen (secondary N) is 1. The van der Waals surface area contributed by atoms with Crippen molar-refractivity contribution in [3.8, 4) is 5.75 Å². The maximum Gasteiger partial charge on any atom is 0.120 e. The lowest BCUT2D eigenvalue weighted by atomic mass is 10.1. The number of halogens is 1. The number of aromatic hydroxyl groups is 1. The van der Waals surface area contributed by atoms with Gasteiger partial charge in [0.2, 0.25) is 0 Å². The molecule has 0 heterocycles. The van der Waals surface area contributed by atoms with Crippen molar-refractivity contribution < 1.29 is 5.11 Å². The molecule has 94 valence electrons. The zero-order chi connectivity index (χ0) is 13.1. The van der Waals surface area contributed by atoms with E-state index >= 15 is 0 Å². The van der Waals surface area contributed by atoms with Crippen LogP contribution in [0.5, 0.6) is 5.75 Å². The monoisotopic (exact) mass is 261 g/mol. The van der Waals surface area contributed by atoms with Crippen LogP contribution in [0.3, 0.4) is 0 Å². The Bertz CT molecular complexity index is 546. The van der Waals surface area contributed by atoms with Gasteiger partial charge in [-0.25, -0.2) is 0 Å². The summed E-state index contributed by atoms with van der Waals surface area (Å²) in [6, 6.07) is 11.3. The smallest absolute Gasteiger partial charge is 0.120 e. The van der Waals surface area contributed by atoms with Gasteiger partial charge in [0.1, 0.15) is 5.75 Å². The molecule has 0 atom stereocenters. The van der Waals surface area contributed by atoms with E-state index in [9.17, 15) is 5.11 Å². The van der Waals surface area contributed by atoms with Gasteiger partial charge in [0.25, 0.3) is 0 Å². The molecule has 2 aromatic carbocycles. The van der Waals surface area contributed by atoms with Gasteiger partial charge < -0.3 is 10.4 Å². The second-order valence-corrected chi connectivity index (χ2v) is 4.94. The molecule has 0 fully saturated rings. The Morgan fingerprint density at radius 3 is 2.39 bits per heavy atom. The van der Waals surface area contributed by atoms with Gasteiger partial charge >= 0.3 is 0 Å². The predicted molar refractivity (Wildman–Crippen MR) is 76.4 cm³/mol. The molecule has 2 rings (SSSR count). The lowest BCUT2D eigenvalue weighted by Crippen LogP contribution is -2.00. The summed E-state index contributed by atoms with van der Waals surface area (Å²) in [5.41, 5.74) is 4.27. The molecule has 0 saturated carbocycles. The van der Waals surface area contributed by atoms with E-state index in [0.29, 0.717) is 11.6 Å². The van der Waals surface area contributed by atoms with Gasteiger partial charge in [0, 0.05) is 22.8 Å². The molecule has 0 bridgehead atoms. The van der Waals surface area contributed by atoms with Gasteiger partial charge in [-0.05, 0) is 55.3 Å². The van der Waals surface area contributed by atoms with E-state index in [1.54, 1.807) is 18.2 Å². The van der Waals surface area contributed by atoms with Crippen LogP contribution in [0.25, 0.3) is 0 Å². The normalized spacial score (nSPS) is 10.4. The Morgan fingerprint density at radius 1 is 1.06 bits per heavy atom. The summed E-state index contributed by atoms with van der Waals surface area (Å²) in [5, 5.41) is 13.6. The average molecular weight is 262 g/mol. The summed E-state index contributed by atoms with van der Waals surface area (Å²) in [6.07, 6.45) is 0. The Labute approximate surface area is 112 Å². The van der Waals surface area contributed by atoms with Crippen LogP contribution in [-0.2, 0) is 6.54 Å². The second kappa shape index (κ2) is 5.32. The van der Waals surface area contributed by atoms with Crippen molar-refractivity contribution in [2.45, 2.75) is 20.4 Å². The van der Waals surface area contributed by atoms with Gasteiger partial charge in [-0.1, -0.05) is 17.7 Å². The van der Waals surface area contributed by atoms with E-state index in [1.165, 1.54) is 11.1 Å². The van der Waals surface area contributed by atoms with E-state index in [4.69, 9.17) is 11.6 Å². The van der Waals surface area contributed by atoms with Crippen LogP contribution in [0.1, 0.15) is 16.7 Å². The zero-order valence-electron chi connectivity index (χ0n) is 10.5. The molecule has 2 aromatic rings. The van der Waals surface area contributed by atoms with Crippen LogP contribution >= 0.6 is 11.6 Å². The molecule has 0 radical (unpaired) electrons. The van der Waals surface area contributed by atoms with E-state index in [1.807, 2.05) is 0 Å². The van der Waals surface area contributed by atoms with Gasteiger partial charge in [-0.2, -0.15) is 0 Å². The fourth-order valence-electron chi connectivity index (χ4n) is 1.97. The SMILES string of the molecule is Cc1cc(C)cc(NCc2cc(Cl)ccc2O)c1. The molecule has 3 heteroatoms. The summed E-state index contributed by atoms with van der Waals surface area (Å²) in [5.74, 6) is 0.260. The van der Waals surface area contributed by atoms with Gasteiger partial charge in [-0.15, -0.1) is 0 Å². The van der Waals surface area contributed by atoms with Crippen molar-refractivity contribution in [2.24, 2.45) is 0 Å². The average Bonchev–Trinajstić information content (AvgIpc) is 2.29. The molecule has 0 unspecified atom stereocenters. The fourth-order valence-corrected chi connectivity index (χ4v) is 2.16. The van der Waals surface area contributed by atoms with Crippen molar-refractivity contribution in [3.63, 3.8) is 0 Å². The number of hydrogen-bond donors (Lipinski definition) is 2. The third-order valence-corrected chi connectivity index (χ3v) is 2.98. The number of anilines is 1. The first-order valence-corrected chi connectivity index (χ1v) is 6.22. The van der Waals surface area contributed by atoms with Crippen LogP contribution in [-0.4, -0.2) is 5.11 Å². The number of hydrogen-bond acceptors (Lipinski definition) is 2. The highest BCUT2D eigenvalue weighted by Gasteiger charge is 2.02. The highest BCUT2D eigenvalue weighted by molar-refractivity contribution is 6.30. The molecular weight excluding hydrogens is 246 g/mol. The molecule has 2 nitrogen and oxygen atoms in total. The summed E-state index contributed by atoms with van der Waals surface area (Å²) < 4.78 is 0. The Balaban J connectivity index is 2.13. The summed E-state index contributed by atoms with van der Waals surface area (Å²) in [6.45, 7) is 4.68. The van der Waals surface area contributed by atoms with Crippen LogP contribution < -0.4 is 5.32 Å². The maximum absolute atomic E-state index is 9.72. The summed E-state index contributed by atoms with van der Waals surface area (Å²) >= 11 is 5.91. The quantitative estimate of drug-likeness (QED) is 0.865. The molecule has 2 N–H and O–H groups in total. The van der Waals surface area contributed by atoms with E-state index in [0.717, 1.165) is 11.3 Å². The second-order valence-electron chi connectivity index (χ2n) is 4.50. The predicted octanol–water partition coefficient (Wildman–Crippen LogP) is 4.27. The minimum absolute atomic E-state index is 0.260. The van der Waals surface area contributed by atoms with Gasteiger partial charge in [0.05, 0.1) is 0 Å². The fraction of sp³-hybridized carbons (Fsp3) is 0.200. The summed E-state index contributed by atoms with van der Waals surface area (Å²) in [4.78, 5) is 0. The number of aryl methyl sites for hydroxylation is 2. The Kier molecular flexibility index (Phi) is 3.78. The van der Waals surface area contributed by atoms with E-state index in [2.05, 4.69) is 37.4 Å².